The monoisotopic (exact) mass is 213 g/mol. The van der Waals surface area contributed by atoms with Gasteiger partial charge in [0.25, 0.3) is 0 Å². The van der Waals surface area contributed by atoms with Crippen LogP contribution in [0.3, 0.4) is 0 Å². The first-order chi connectivity index (χ1) is 6.80. The molecule has 88 valence electrons. The number of nitrogens with two attached hydrogens (primary N) is 1. The number of hydrogen-bond acceptors (Lipinski definition) is 3. The van der Waals surface area contributed by atoms with Crippen LogP contribution in [0.1, 0.15) is 53.9 Å². The summed E-state index contributed by atoms with van der Waals surface area (Å²) in [4.78, 5) is 0. The molecule has 0 radical (unpaired) electrons. The van der Waals surface area contributed by atoms with Crippen LogP contribution < -0.4 is 5.73 Å². The van der Waals surface area contributed by atoms with Gasteiger partial charge in [-0.25, -0.2) is 0 Å². The Hall–Kier alpha value is -0.0551. The standard InChI is InChI=1S/C11H24BNO2/c1-6-7-8-9(13)12-14-10(2,3)11(4,5)15-12/h9H,6-8,13H2,1-5H3/t9-/m0/s1. The molecule has 3 nitrogen and oxygen atoms in total. The predicted molar refractivity (Wildman–Crippen MR) is 63.6 cm³/mol. The molecule has 1 aliphatic heterocycles. The third-order valence-electron chi connectivity index (χ3n) is 3.51. The third-order valence-corrected chi connectivity index (χ3v) is 3.51. The van der Waals surface area contributed by atoms with Gasteiger partial charge in [0.15, 0.2) is 0 Å². The van der Waals surface area contributed by atoms with Gasteiger partial charge in [0, 0.05) is 5.94 Å². The molecule has 0 aromatic rings. The molecule has 0 aliphatic carbocycles. The van der Waals surface area contributed by atoms with E-state index in [4.69, 9.17) is 15.0 Å². The maximum atomic E-state index is 6.06. The van der Waals surface area contributed by atoms with Crippen LogP contribution >= 0.6 is 0 Å². The minimum Gasteiger partial charge on any atom is -0.402 e. The minimum atomic E-state index is -0.262. The summed E-state index contributed by atoms with van der Waals surface area (Å²) in [6, 6.07) is 0. The van der Waals surface area contributed by atoms with Crippen molar-refractivity contribution in [1.82, 2.24) is 0 Å². The van der Waals surface area contributed by atoms with Crippen LogP contribution in [-0.2, 0) is 9.31 Å². The molecule has 2 N–H and O–H groups in total. The zero-order chi connectivity index (χ0) is 11.7. The van der Waals surface area contributed by atoms with Crippen LogP contribution in [0.15, 0.2) is 0 Å². The maximum Gasteiger partial charge on any atom is 0.475 e. The highest BCUT2D eigenvalue weighted by atomic mass is 16.7. The summed E-state index contributed by atoms with van der Waals surface area (Å²) < 4.78 is 11.8. The summed E-state index contributed by atoms with van der Waals surface area (Å²) in [5.41, 5.74) is 5.53. The zero-order valence-corrected chi connectivity index (χ0v) is 10.7. The van der Waals surface area contributed by atoms with Crippen LogP contribution in [0.5, 0.6) is 0 Å². The van der Waals surface area contributed by atoms with Crippen LogP contribution in [0.25, 0.3) is 0 Å². The fourth-order valence-corrected chi connectivity index (χ4v) is 1.64. The van der Waals surface area contributed by atoms with Gasteiger partial charge in [-0.1, -0.05) is 19.8 Å². The summed E-state index contributed by atoms with van der Waals surface area (Å²) in [5.74, 6) is -0.00833. The molecule has 4 heteroatoms. The first-order valence-corrected chi connectivity index (χ1v) is 5.91. The fraction of sp³-hybridized carbons (Fsp3) is 1.00. The van der Waals surface area contributed by atoms with Gasteiger partial charge >= 0.3 is 7.12 Å². The second-order valence-corrected chi connectivity index (χ2v) is 5.43. The van der Waals surface area contributed by atoms with Crippen molar-refractivity contribution in [2.24, 2.45) is 5.73 Å². The molecule has 0 unspecified atom stereocenters. The Morgan fingerprint density at radius 3 is 2.00 bits per heavy atom. The Balaban J connectivity index is 2.54. The van der Waals surface area contributed by atoms with E-state index in [-0.39, 0.29) is 24.3 Å². The van der Waals surface area contributed by atoms with Gasteiger partial charge in [-0.05, 0) is 34.1 Å². The van der Waals surface area contributed by atoms with E-state index < -0.39 is 0 Å². The van der Waals surface area contributed by atoms with Crippen molar-refractivity contribution >= 4 is 7.12 Å². The predicted octanol–water partition coefficient (Wildman–Crippen LogP) is 2.14. The summed E-state index contributed by atoms with van der Waals surface area (Å²) in [7, 11) is -0.249. The van der Waals surface area contributed by atoms with Crippen LogP contribution in [0.4, 0.5) is 0 Å². The second kappa shape index (κ2) is 4.44. The summed E-state index contributed by atoms with van der Waals surface area (Å²) >= 11 is 0. The molecular weight excluding hydrogens is 189 g/mol. The molecule has 0 saturated carbocycles. The van der Waals surface area contributed by atoms with E-state index in [2.05, 4.69) is 34.6 Å². The lowest BCUT2D eigenvalue weighted by molar-refractivity contribution is 0.00578. The molecule has 0 bridgehead atoms. The minimum absolute atomic E-state index is 0.00833. The first-order valence-electron chi connectivity index (χ1n) is 5.91. The zero-order valence-electron chi connectivity index (χ0n) is 10.7. The molecule has 1 heterocycles. The Labute approximate surface area is 93.8 Å². The van der Waals surface area contributed by atoms with E-state index in [9.17, 15) is 0 Å². The lowest BCUT2D eigenvalue weighted by Gasteiger charge is -2.32. The van der Waals surface area contributed by atoms with E-state index in [1.807, 2.05) is 0 Å². The van der Waals surface area contributed by atoms with Crippen LogP contribution in [0, 0.1) is 0 Å². The van der Waals surface area contributed by atoms with Crippen LogP contribution in [-0.4, -0.2) is 24.3 Å². The molecule has 1 fully saturated rings. The number of unbranched alkanes of at least 4 members (excludes halogenated alkanes) is 1. The van der Waals surface area contributed by atoms with Gasteiger partial charge in [-0.2, -0.15) is 0 Å². The number of rotatable bonds is 4. The number of hydrogen-bond donors (Lipinski definition) is 1. The van der Waals surface area contributed by atoms with Gasteiger partial charge in [0.2, 0.25) is 0 Å². The Bertz CT molecular complexity index is 203. The van der Waals surface area contributed by atoms with E-state index in [1.54, 1.807) is 0 Å². The van der Waals surface area contributed by atoms with Crippen molar-refractivity contribution in [3.63, 3.8) is 0 Å². The Kier molecular flexibility index (Phi) is 3.85. The average molecular weight is 213 g/mol. The molecule has 0 spiro atoms. The highest BCUT2D eigenvalue weighted by Crippen LogP contribution is 2.37. The van der Waals surface area contributed by atoms with Gasteiger partial charge < -0.3 is 15.0 Å². The summed E-state index contributed by atoms with van der Waals surface area (Å²) in [6.07, 6.45) is 3.26. The normalized spacial score (nSPS) is 25.6. The van der Waals surface area contributed by atoms with E-state index in [0.29, 0.717) is 0 Å². The molecule has 1 rings (SSSR count). The summed E-state index contributed by atoms with van der Waals surface area (Å²) in [5, 5.41) is 0. The first kappa shape index (κ1) is 13.0. The van der Waals surface area contributed by atoms with Crippen molar-refractivity contribution in [1.29, 1.82) is 0 Å². The lowest BCUT2D eigenvalue weighted by Crippen LogP contribution is -2.41. The van der Waals surface area contributed by atoms with Crippen molar-refractivity contribution in [3.8, 4) is 0 Å². The van der Waals surface area contributed by atoms with E-state index in [1.165, 1.54) is 0 Å². The van der Waals surface area contributed by atoms with Gasteiger partial charge in [-0.15, -0.1) is 0 Å². The van der Waals surface area contributed by atoms with Crippen molar-refractivity contribution < 1.29 is 9.31 Å². The fourth-order valence-electron chi connectivity index (χ4n) is 1.64. The smallest absolute Gasteiger partial charge is 0.402 e. The molecule has 15 heavy (non-hydrogen) atoms. The summed E-state index contributed by atoms with van der Waals surface area (Å²) in [6.45, 7) is 10.4. The quantitative estimate of drug-likeness (QED) is 0.727. The van der Waals surface area contributed by atoms with E-state index in [0.717, 1.165) is 19.3 Å². The maximum absolute atomic E-state index is 6.06. The molecular formula is C11H24BNO2. The lowest BCUT2D eigenvalue weighted by atomic mass is 9.76. The van der Waals surface area contributed by atoms with Crippen molar-refractivity contribution in [2.75, 3.05) is 0 Å². The second-order valence-electron chi connectivity index (χ2n) is 5.43. The third kappa shape index (κ3) is 2.74. The topological polar surface area (TPSA) is 44.5 Å². The van der Waals surface area contributed by atoms with Gasteiger partial charge in [0.1, 0.15) is 0 Å². The molecule has 1 saturated heterocycles. The van der Waals surface area contributed by atoms with Gasteiger partial charge in [0.05, 0.1) is 11.2 Å². The van der Waals surface area contributed by atoms with Crippen molar-refractivity contribution in [2.45, 2.75) is 71.0 Å². The van der Waals surface area contributed by atoms with Gasteiger partial charge in [-0.3, -0.25) is 0 Å². The highest BCUT2D eigenvalue weighted by Gasteiger charge is 2.52. The van der Waals surface area contributed by atoms with E-state index >= 15 is 0 Å². The Morgan fingerprint density at radius 2 is 1.60 bits per heavy atom. The Morgan fingerprint density at radius 1 is 1.13 bits per heavy atom. The molecule has 0 aromatic carbocycles. The molecule has 1 aliphatic rings. The molecule has 1 atom stereocenters. The molecule has 0 amide bonds. The SMILES string of the molecule is CCCC[C@H](N)B1OC(C)(C)C(C)(C)O1. The largest absolute Gasteiger partial charge is 0.475 e. The van der Waals surface area contributed by atoms with Crippen molar-refractivity contribution in [3.05, 3.63) is 0 Å². The molecule has 0 aromatic heterocycles. The average Bonchev–Trinajstić information content (AvgIpc) is 2.32. The highest BCUT2D eigenvalue weighted by molar-refractivity contribution is 6.47. The van der Waals surface area contributed by atoms with Crippen LogP contribution in [0.2, 0.25) is 0 Å².